The maximum atomic E-state index is 13.9. The van der Waals surface area contributed by atoms with Crippen LogP contribution in [-0.2, 0) is 17.8 Å². The van der Waals surface area contributed by atoms with E-state index < -0.39 is 35.3 Å². The summed E-state index contributed by atoms with van der Waals surface area (Å²) >= 11 is 5.58. The van der Waals surface area contributed by atoms with E-state index in [4.69, 9.17) is 16.3 Å². The van der Waals surface area contributed by atoms with Gasteiger partial charge in [-0.3, -0.25) is 9.59 Å². The third-order valence-electron chi connectivity index (χ3n) is 4.31. The quantitative estimate of drug-likeness (QED) is 0.643. The van der Waals surface area contributed by atoms with E-state index >= 15 is 0 Å². The van der Waals surface area contributed by atoms with Crippen molar-refractivity contribution in [1.29, 1.82) is 0 Å². The molecule has 0 fully saturated rings. The number of aromatic nitrogens is 2. The monoisotopic (exact) mass is 433 g/mol. The number of hydrogen-bond acceptors (Lipinski definition) is 4. The molecule has 1 heterocycles. The lowest BCUT2D eigenvalue weighted by Crippen LogP contribution is -2.32. The van der Waals surface area contributed by atoms with Crippen molar-refractivity contribution >= 4 is 23.2 Å². The highest BCUT2D eigenvalue weighted by Gasteiger charge is 2.16. The van der Waals surface area contributed by atoms with Gasteiger partial charge in [-0.05, 0) is 36.8 Å². The fourth-order valence-corrected chi connectivity index (χ4v) is 3.20. The third-order valence-corrected chi connectivity index (χ3v) is 4.53. The minimum atomic E-state index is -1.02. The van der Waals surface area contributed by atoms with Gasteiger partial charge < -0.3 is 10.1 Å². The zero-order valence-corrected chi connectivity index (χ0v) is 17.0. The molecule has 3 rings (SSSR count). The van der Waals surface area contributed by atoms with Crippen LogP contribution in [0.3, 0.4) is 0 Å². The number of aryl methyl sites for hydroxylation is 1. The molecule has 9 heteroatoms. The first-order valence-electron chi connectivity index (χ1n) is 8.92. The summed E-state index contributed by atoms with van der Waals surface area (Å²) in [6, 6.07) is 10.6. The van der Waals surface area contributed by atoms with Crippen LogP contribution in [0.2, 0.25) is 5.02 Å². The van der Waals surface area contributed by atoms with E-state index in [0.29, 0.717) is 17.0 Å². The minimum Gasteiger partial charge on any atom is -0.496 e. The number of nitrogens with zero attached hydrogens (tertiary/aromatic N) is 2. The largest absolute Gasteiger partial charge is 0.496 e. The van der Waals surface area contributed by atoms with Crippen LogP contribution in [0.25, 0.3) is 0 Å². The number of methoxy groups -OCH3 is 1. The van der Waals surface area contributed by atoms with Gasteiger partial charge in [0, 0.05) is 17.0 Å². The first-order chi connectivity index (χ1) is 14.3. The molecule has 6 nitrogen and oxygen atoms in total. The average molecular weight is 434 g/mol. The van der Waals surface area contributed by atoms with Gasteiger partial charge >= 0.3 is 0 Å². The molecule has 0 unspecified atom stereocenters. The molecule has 30 heavy (non-hydrogen) atoms. The van der Waals surface area contributed by atoms with Gasteiger partial charge in [-0.2, -0.15) is 5.10 Å². The highest BCUT2D eigenvalue weighted by molar-refractivity contribution is 6.30. The molecular formula is C21H18ClF2N3O3. The van der Waals surface area contributed by atoms with Crippen LogP contribution in [0.1, 0.15) is 16.8 Å². The molecule has 0 aliphatic rings. The summed E-state index contributed by atoms with van der Waals surface area (Å²) in [5, 5.41) is 6.04. The molecule has 0 aliphatic heterocycles. The minimum absolute atomic E-state index is 0.138. The van der Waals surface area contributed by atoms with Gasteiger partial charge in [0.25, 0.3) is 5.56 Å². The van der Waals surface area contributed by atoms with Crippen LogP contribution in [0, 0.1) is 18.6 Å². The van der Waals surface area contributed by atoms with Crippen molar-refractivity contribution in [3.63, 3.8) is 0 Å². The fourth-order valence-electron chi connectivity index (χ4n) is 3.01. The molecule has 0 saturated carbocycles. The summed E-state index contributed by atoms with van der Waals surface area (Å²) in [5.41, 5.74) is 0.585. The van der Waals surface area contributed by atoms with Gasteiger partial charge in [0.1, 0.15) is 18.0 Å². The van der Waals surface area contributed by atoms with E-state index in [1.165, 1.54) is 7.11 Å². The maximum absolute atomic E-state index is 13.9. The summed E-state index contributed by atoms with van der Waals surface area (Å²) in [5.74, 6) is -2.22. The second-order valence-electron chi connectivity index (χ2n) is 6.55. The van der Waals surface area contributed by atoms with Crippen LogP contribution in [0.4, 0.5) is 14.5 Å². The van der Waals surface area contributed by atoms with Crippen molar-refractivity contribution in [1.82, 2.24) is 9.78 Å². The van der Waals surface area contributed by atoms with E-state index in [9.17, 15) is 18.4 Å². The van der Waals surface area contributed by atoms with Crippen molar-refractivity contribution in [2.75, 3.05) is 12.4 Å². The Balaban J connectivity index is 1.85. The van der Waals surface area contributed by atoms with Crippen LogP contribution in [0.5, 0.6) is 5.75 Å². The molecule has 156 valence electrons. The van der Waals surface area contributed by atoms with Gasteiger partial charge in [0.2, 0.25) is 5.91 Å². The number of carbonyl (C=O) groups excluding carboxylic acids is 1. The summed E-state index contributed by atoms with van der Waals surface area (Å²) < 4.78 is 34.1. The number of nitrogens with one attached hydrogen (secondary N) is 1. The number of amides is 1. The predicted octanol–water partition coefficient (Wildman–Crippen LogP) is 3.72. The van der Waals surface area contributed by atoms with Crippen LogP contribution in [-0.4, -0.2) is 22.8 Å². The van der Waals surface area contributed by atoms with Gasteiger partial charge in [-0.25, -0.2) is 13.5 Å². The van der Waals surface area contributed by atoms with Crippen LogP contribution < -0.4 is 15.6 Å². The number of benzene rings is 2. The third kappa shape index (κ3) is 4.83. The Bertz CT molecular complexity index is 1140. The molecule has 1 amide bonds. The van der Waals surface area contributed by atoms with Gasteiger partial charge in [-0.1, -0.05) is 29.8 Å². The maximum Gasteiger partial charge on any atom is 0.270 e. The van der Waals surface area contributed by atoms with E-state index in [1.807, 2.05) is 18.2 Å². The molecule has 0 aliphatic carbocycles. The molecule has 2 aromatic carbocycles. The fraction of sp³-hybridized carbons (Fsp3) is 0.190. The molecule has 0 saturated heterocycles. The Labute approximate surface area is 176 Å². The Hall–Kier alpha value is -3.26. The lowest BCUT2D eigenvalue weighted by atomic mass is 10.1. The second-order valence-corrected chi connectivity index (χ2v) is 6.99. The number of ether oxygens (including phenoxy) is 1. The SMILES string of the molecule is COc1ccccc1Cc1cc(C)nn(CC(=O)Nc2c(F)cc(Cl)cc2F)c1=O. The van der Waals surface area contributed by atoms with Crippen LogP contribution >= 0.6 is 11.6 Å². The molecular weight excluding hydrogens is 416 g/mol. The normalized spacial score (nSPS) is 10.7. The molecule has 1 N–H and O–H groups in total. The molecule has 0 radical (unpaired) electrons. The Kier molecular flexibility index (Phi) is 6.47. The number of rotatable bonds is 6. The summed E-state index contributed by atoms with van der Waals surface area (Å²) in [4.78, 5) is 25.1. The first-order valence-corrected chi connectivity index (χ1v) is 9.30. The molecule has 3 aromatic rings. The lowest BCUT2D eigenvalue weighted by molar-refractivity contribution is -0.117. The molecule has 0 bridgehead atoms. The number of hydrogen-bond donors (Lipinski definition) is 1. The van der Waals surface area contributed by atoms with E-state index in [0.717, 1.165) is 22.4 Å². The summed E-state index contributed by atoms with van der Waals surface area (Å²) in [6.07, 6.45) is 0.272. The second kappa shape index (κ2) is 9.04. The van der Waals surface area contributed by atoms with Crippen molar-refractivity contribution < 1.29 is 18.3 Å². The van der Waals surface area contributed by atoms with Crippen molar-refractivity contribution in [2.24, 2.45) is 0 Å². The lowest BCUT2D eigenvalue weighted by Gasteiger charge is -2.12. The highest BCUT2D eigenvalue weighted by atomic mass is 35.5. The van der Waals surface area contributed by atoms with Gasteiger partial charge in [0.05, 0.1) is 12.8 Å². The van der Waals surface area contributed by atoms with Crippen LogP contribution in [0.15, 0.2) is 47.3 Å². The summed E-state index contributed by atoms with van der Waals surface area (Å²) in [6.45, 7) is 1.17. The number of halogens is 3. The van der Waals surface area contributed by atoms with E-state index in [2.05, 4.69) is 10.4 Å². The molecule has 0 atom stereocenters. The molecule has 0 spiro atoms. The van der Waals surface area contributed by atoms with E-state index in [1.54, 1.807) is 19.1 Å². The van der Waals surface area contributed by atoms with E-state index in [-0.39, 0.29) is 11.4 Å². The summed E-state index contributed by atoms with van der Waals surface area (Å²) in [7, 11) is 1.54. The molecule has 1 aromatic heterocycles. The smallest absolute Gasteiger partial charge is 0.270 e. The standard InChI is InChI=1S/C21H18ClF2N3O3/c1-12-7-14(8-13-5-3-4-6-18(13)30-2)21(29)27(26-12)11-19(28)25-20-16(23)9-15(22)10-17(20)24/h3-7,9-10H,8,11H2,1-2H3,(H,25,28). The first kappa shape index (κ1) is 21.4. The Morgan fingerprint density at radius 2 is 1.83 bits per heavy atom. The van der Waals surface area contributed by atoms with Gasteiger partial charge in [-0.15, -0.1) is 0 Å². The predicted molar refractivity (Wildman–Crippen MR) is 109 cm³/mol. The zero-order valence-electron chi connectivity index (χ0n) is 16.2. The topological polar surface area (TPSA) is 73.2 Å². The van der Waals surface area contributed by atoms with Gasteiger partial charge in [0.15, 0.2) is 11.6 Å². The zero-order chi connectivity index (χ0) is 21.8. The number of carbonyl (C=O) groups is 1. The average Bonchev–Trinajstić information content (AvgIpc) is 2.68. The number of anilines is 1. The van der Waals surface area contributed by atoms with Crippen molar-refractivity contribution in [3.05, 3.63) is 86.3 Å². The number of para-hydroxylation sites is 1. The Morgan fingerprint density at radius 1 is 1.17 bits per heavy atom. The Morgan fingerprint density at radius 3 is 2.50 bits per heavy atom. The van der Waals surface area contributed by atoms with Crippen molar-refractivity contribution in [3.8, 4) is 5.75 Å². The van der Waals surface area contributed by atoms with Crippen molar-refractivity contribution in [2.45, 2.75) is 19.9 Å². The highest BCUT2D eigenvalue weighted by Crippen LogP contribution is 2.23.